The number of aliphatic hydroxyl groups is 2. The van der Waals surface area contributed by atoms with E-state index in [2.05, 4.69) is 4.98 Å². The van der Waals surface area contributed by atoms with Crippen molar-refractivity contribution in [3.63, 3.8) is 0 Å². The molecule has 0 aromatic carbocycles. The number of hydrogen-bond donors (Lipinski definition) is 2. The average molecular weight is 189 g/mol. The normalized spacial score (nSPS) is 9.08. The summed E-state index contributed by atoms with van der Waals surface area (Å²) in [4.78, 5) is 5.49. The fourth-order valence-corrected chi connectivity index (χ4v) is 1.77. The van der Waals surface area contributed by atoms with E-state index < -0.39 is 0 Å². The Balaban J connectivity index is 0.000000561. The molecule has 0 aliphatic carbocycles. The van der Waals surface area contributed by atoms with Crippen LogP contribution in [0.4, 0.5) is 0 Å². The maximum Gasteiger partial charge on any atom is 0.0900 e. The molecule has 0 atom stereocenters. The highest BCUT2D eigenvalue weighted by Gasteiger charge is 2.02. The van der Waals surface area contributed by atoms with Crippen molar-refractivity contribution in [3.05, 3.63) is 15.6 Å². The zero-order valence-corrected chi connectivity index (χ0v) is 8.48. The highest BCUT2D eigenvalue weighted by Crippen LogP contribution is 2.16. The molecule has 1 rings (SSSR count). The smallest absolute Gasteiger partial charge is 0.0900 e. The summed E-state index contributed by atoms with van der Waals surface area (Å²) < 4.78 is 0. The molecule has 0 unspecified atom stereocenters. The van der Waals surface area contributed by atoms with Gasteiger partial charge >= 0.3 is 0 Å². The molecular weight excluding hydrogens is 174 g/mol. The molecule has 70 valence electrons. The summed E-state index contributed by atoms with van der Waals surface area (Å²) in [7, 11) is 1.00. The molecule has 4 heteroatoms. The minimum absolute atomic E-state index is 0.198. The predicted octanol–water partition coefficient (Wildman–Crippen LogP) is 0.903. The van der Waals surface area contributed by atoms with Crippen molar-refractivity contribution in [1.82, 2.24) is 4.98 Å². The van der Waals surface area contributed by atoms with Crippen LogP contribution in [0.15, 0.2) is 0 Å². The van der Waals surface area contributed by atoms with Crippen LogP contribution in [0, 0.1) is 13.8 Å². The molecule has 3 nitrogen and oxygen atoms in total. The van der Waals surface area contributed by atoms with Crippen LogP contribution in [-0.4, -0.2) is 28.9 Å². The quantitative estimate of drug-likeness (QED) is 0.727. The van der Waals surface area contributed by atoms with Crippen molar-refractivity contribution in [3.8, 4) is 0 Å². The molecule has 0 saturated carbocycles. The molecule has 1 aromatic rings. The Hall–Kier alpha value is -0.450. The van der Waals surface area contributed by atoms with Gasteiger partial charge in [0.05, 0.1) is 10.7 Å². The molecule has 0 spiro atoms. The van der Waals surface area contributed by atoms with Crippen molar-refractivity contribution < 1.29 is 10.2 Å². The molecule has 1 heterocycles. The van der Waals surface area contributed by atoms with E-state index in [0.717, 1.165) is 17.8 Å². The third-order valence-corrected chi connectivity index (χ3v) is 2.28. The number of aliphatic hydroxyl groups excluding tert-OH is 2. The van der Waals surface area contributed by atoms with Crippen LogP contribution in [0.3, 0.4) is 0 Å². The van der Waals surface area contributed by atoms with Crippen LogP contribution in [-0.2, 0) is 6.42 Å². The van der Waals surface area contributed by atoms with E-state index in [4.69, 9.17) is 10.2 Å². The van der Waals surface area contributed by atoms with Gasteiger partial charge in [-0.05, 0) is 13.8 Å². The third kappa shape index (κ3) is 3.30. The van der Waals surface area contributed by atoms with Crippen LogP contribution in [0.25, 0.3) is 0 Å². The SMILES string of the molecule is CO.Cc1nc(CCO)c(C)s1. The van der Waals surface area contributed by atoms with Gasteiger partial charge in [-0.25, -0.2) is 4.98 Å². The van der Waals surface area contributed by atoms with Gasteiger partial charge in [-0.2, -0.15) is 0 Å². The number of thiazole rings is 1. The first-order chi connectivity index (χ1) is 5.74. The minimum atomic E-state index is 0.198. The van der Waals surface area contributed by atoms with Crippen LogP contribution in [0.1, 0.15) is 15.6 Å². The molecule has 12 heavy (non-hydrogen) atoms. The second kappa shape index (κ2) is 6.11. The lowest BCUT2D eigenvalue weighted by Crippen LogP contribution is -1.92. The number of aromatic nitrogens is 1. The molecule has 0 saturated heterocycles. The third-order valence-electron chi connectivity index (χ3n) is 1.35. The highest BCUT2D eigenvalue weighted by molar-refractivity contribution is 7.11. The first-order valence-electron chi connectivity index (χ1n) is 3.72. The van der Waals surface area contributed by atoms with Crippen LogP contribution in [0.5, 0.6) is 0 Å². The van der Waals surface area contributed by atoms with Crippen molar-refractivity contribution in [2.24, 2.45) is 0 Å². The fourth-order valence-electron chi connectivity index (χ4n) is 0.910. The standard InChI is InChI=1S/C7H11NOS.CH4O/c1-5-7(3-4-9)8-6(2)10-5;1-2/h9H,3-4H2,1-2H3;2H,1H3. The Kier molecular flexibility index (Phi) is 5.88. The monoisotopic (exact) mass is 189 g/mol. The molecule has 1 aromatic heterocycles. The van der Waals surface area contributed by atoms with Gasteiger partial charge in [0.15, 0.2) is 0 Å². The fraction of sp³-hybridized carbons (Fsp3) is 0.625. The van der Waals surface area contributed by atoms with Gasteiger partial charge in [-0.1, -0.05) is 0 Å². The summed E-state index contributed by atoms with van der Waals surface area (Å²) in [5, 5.41) is 16.7. The van der Waals surface area contributed by atoms with E-state index in [1.54, 1.807) is 11.3 Å². The number of aryl methyl sites for hydroxylation is 2. The lowest BCUT2D eigenvalue weighted by Gasteiger charge is -1.90. The molecule has 0 aliphatic rings. The van der Waals surface area contributed by atoms with Crippen molar-refractivity contribution in [2.75, 3.05) is 13.7 Å². The topological polar surface area (TPSA) is 53.4 Å². The van der Waals surface area contributed by atoms with Gasteiger partial charge < -0.3 is 10.2 Å². The summed E-state index contributed by atoms with van der Waals surface area (Å²) in [5.74, 6) is 0. The van der Waals surface area contributed by atoms with E-state index in [9.17, 15) is 0 Å². The van der Waals surface area contributed by atoms with E-state index in [-0.39, 0.29) is 6.61 Å². The first-order valence-corrected chi connectivity index (χ1v) is 4.54. The molecule has 0 aliphatic heterocycles. The van der Waals surface area contributed by atoms with Gasteiger partial charge in [0.25, 0.3) is 0 Å². The lowest BCUT2D eigenvalue weighted by atomic mass is 10.3. The molecule has 0 amide bonds. The molecule has 2 N–H and O–H groups in total. The Labute approximate surface area is 76.7 Å². The number of hydrogen-bond acceptors (Lipinski definition) is 4. The summed E-state index contributed by atoms with van der Waals surface area (Å²) in [6.07, 6.45) is 0.691. The second-order valence-corrected chi connectivity index (χ2v) is 3.62. The van der Waals surface area contributed by atoms with E-state index in [1.165, 1.54) is 4.88 Å². The van der Waals surface area contributed by atoms with Gasteiger partial charge in [0.2, 0.25) is 0 Å². The van der Waals surface area contributed by atoms with Crippen molar-refractivity contribution >= 4 is 11.3 Å². The molecule has 0 fully saturated rings. The number of nitrogens with zero attached hydrogens (tertiary/aromatic N) is 1. The highest BCUT2D eigenvalue weighted by atomic mass is 32.1. The zero-order chi connectivity index (χ0) is 9.56. The first kappa shape index (κ1) is 11.6. The van der Waals surface area contributed by atoms with Crippen LogP contribution >= 0.6 is 11.3 Å². The van der Waals surface area contributed by atoms with Crippen molar-refractivity contribution in [2.45, 2.75) is 20.3 Å². The largest absolute Gasteiger partial charge is 0.400 e. The van der Waals surface area contributed by atoms with E-state index >= 15 is 0 Å². The Morgan fingerprint density at radius 1 is 1.33 bits per heavy atom. The van der Waals surface area contributed by atoms with Gasteiger partial charge in [-0.3, -0.25) is 0 Å². The van der Waals surface area contributed by atoms with Gasteiger partial charge in [0, 0.05) is 25.0 Å². The maximum atomic E-state index is 8.62. The Bertz CT molecular complexity index is 223. The Morgan fingerprint density at radius 3 is 2.25 bits per heavy atom. The van der Waals surface area contributed by atoms with E-state index in [0.29, 0.717) is 6.42 Å². The summed E-state index contributed by atoms with van der Waals surface area (Å²) >= 11 is 1.69. The molecular formula is C8H15NO2S. The maximum absolute atomic E-state index is 8.62. The summed E-state index contributed by atoms with van der Waals surface area (Å²) in [6, 6.07) is 0. The Morgan fingerprint density at radius 2 is 1.92 bits per heavy atom. The van der Waals surface area contributed by atoms with Gasteiger partial charge in [0.1, 0.15) is 0 Å². The molecule has 0 bridgehead atoms. The lowest BCUT2D eigenvalue weighted by molar-refractivity contribution is 0.298. The number of rotatable bonds is 2. The minimum Gasteiger partial charge on any atom is -0.400 e. The molecule has 0 radical (unpaired) electrons. The van der Waals surface area contributed by atoms with Crippen LogP contribution < -0.4 is 0 Å². The second-order valence-electron chi connectivity index (χ2n) is 2.21. The predicted molar refractivity (Wildman–Crippen MR) is 50.5 cm³/mol. The zero-order valence-electron chi connectivity index (χ0n) is 7.66. The van der Waals surface area contributed by atoms with Crippen molar-refractivity contribution in [1.29, 1.82) is 0 Å². The summed E-state index contributed by atoms with van der Waals surface area (Å²) in [5.41, 5.74) is 1.05. The van der Waals surface area contributed by atoms with E-state index in [1.807, 2.05) is 13.8 Å². The summed E-state index contributed by atoms with van der Waals surface area (Å²) in [6.45, 7) is 4.22. The van der Waals surface area contributed by atoms with Crippen LogP contribution in [0.2, 0.25) is 0 Å². The van der Waals surface area contributed by atoms with Gasteiger partial charge in [-0.15, -0.1) is 11.3 Å². The average Bonchev–Trinajstić information content (AvgIpc) is 2.35.